The lowest BCUT2D eigenvalue weighted by atomic mass is 9.91. The zero-order chi connectivity index (χ0) is 18.6. The molecule has 2 N–H and O–H groups in total. The second-order valence-corrected chi connectivity index (χ2v) is 6.24. The van der Waals surface area contributed by atoms with Gasteiger partial charge in [0, 0.05) is 18.0 Å². The van der Waals surface area contributed by atoms with Crippen molar-refractivity contribution < 1.29 is 18.5 Å². The average Bonchev–Trinajstić information content (AvgIpc) is 3.36. The van der Waals surface area contributed by atoms with E-state index in [0.29, 0.717) is 36.3 Å². The Kier molecular flexibility index (Phi) is 4.65. The summed E-state index contributed by atoms with van der Waals surface area (Å²) >= 11 is 0. The number of carbonyl (C=O) groups excluding carboxylic acids is 2. The third-order valence-corrected chi connectivity index (χ3v) is 4.44. The summed E-state index contributed by atoms with van der Waals surface area (Å²) in [7, 11) is 0. The van der Waals surface area contributed by atoms with E-state index in [-0.39, 0.29) is 30.1 Å². The number of aromatic nitrogens is 3. The highest BCUT2D eigenvalue weighted by atomic mass is 16.5. The minimum absolute atomic E-state index is 0.116. The number of amides is 2. The maximum atomic E-state index is 12.4. The van der Waals surface area contributed by atoms with Crippen LogP contribution in [0.15, 0.2) is 45.8 Å². The second-order valence-electron chi connectivity index (χ2n) is 6.24. The van der Waals surface area contributed by atoms with Gasteiger partial charge in [0.2, 0.25) is 0 Å². The summed E-state index contributed by atoms with van der Waals surface area (Å²) in [4.78, 5) is 24.8. The van der Waals surface area contributed by atoms with Crippen LogP contribution in [-0.4, -0.2) is 33.2 Å². The maximum Gasteiger partial charge on any atom is 0.274 e. The van der Waals surface area contributed by atoms with Crippen molar-refractivity contribution in [3.63, 3.8) is 0 Å². The van der Waals surface area contributed by atoms with Gasteiger partial charge in [-0.05, 0) is 31.0 Å². The van der Waals surface area contributed by atoms with Gasteiger partial charge in [-0.2, -0.15) is 10.2 Å². The monoisotopic (exact) mass is 367 g/mol. The van der Waals surface area contributed by atoms with E-state index in [9.17, 15) is 9.59 Å². The highest BCUT2D eigenvalue weighted by molar-refractivity contribution is 5.95. The van der Waals surface area contributed by atoms with E-state index in [0.717, 1.165) is 5.56 Å². The van der Waals surface area contributed by atoms with Crippen LogP contribution < -0.4 is 10.6 Å². The van der Waals surface area contributed by atoms with Crippen LogP contribution in [-0.2, 0) is 19.4 Å². The number of nitrogens with zero attached hydrogens (tertiary/aromatic N) is 3. The molecule has 1 unspecified atom stereocenters. The Labute approximate surface area is 154 Å². The summed E-state index contributed by atoms with van der Waals surface area (Å²) in [5.74, 6) is 0.784. The number of nitrogens with one attached hydrogen (secondary N) is 2. The highest BCUT2D eigenvalue weighted by Crippen LogP contribution is 2.25. The third-order valence-electron chi connectivity index (χ3n) is 4.44. The molecule has 0 saturated heterocycles. The minimum Gasteiger partial charge on any atom is -0.467 e. The van der Waals surface area contributed by atoms with Crippen molar-refractivity contribution >= 4 is 11.8 Å². The Balaban J connectivity index is 1.42. The smallest absolute Gasteiger partial charge is 0.274 e. The van der Waals surface area contributed by atoms with Crippen LogP contribution >= 0.6 is 0 Å². The molecule has 0 fully saturated rings. The van der Waals surface area contributed by atoms with Crippen LogP contribution in [0.4, 0.5) is 0 Å². The Morgan fingerprint density at radius 1 is 1.22 bits per heavy atom. The second kappa shape index (κ2) is 7.40. The van der Waals surface area contributed by atoms with Crippen molar-refractivity contribution in [2.24, 2.45) is 0 Å². The van der Waals surface area contributed by atoms with Crippen LogP contribution in [0, 0.1) is 0 Å². The van der Waals surface area contributed by atoms with Crippen LogP contribution in [0.3, 0.4) is 0 Å². The van der Waals surface area contributed by atoms with Crippen LogP contribution in [0.25, 0.3) is 0 Å². The molecule has 1 aliphatic carbocycles. The first-order chi connectivity index (χ1) is 13.2. The van der Waals surface area contributed by atoms with Gasteiger partial charge in [0.25, 0.3) is 11.8 Å². The summed E-state index contributed by atoms with van der Waals surface area (Å²) in [5, 5.41) is 17.0. The minimum atomic E-state index is -0.332. The van der Waals surface area contributed by atoms with E-state index in [1.165, 1.54) is 12.4 Å². The van der Waals surface area contributed by atoms with Gasteiger partial charge >= 0.3 is 0 Å². The fourth-order valence-corrected chi connectivity index (χ4v) is 3.06. The van der Waals surface area contributed by atoms with Gasteiger partial charge in [-0.3, -0.25) is 9.59 Å². The number of furan rings is 1. The Morgan fingerprint density at radius 3 is 2.93 bits per heavy atom. The number of aryl methyl sites for hydroxylation is 1. The summed E-state index contributed by atoms with van der Waals surface area (Å²) in [5.41, 5.74) is 1.43. The predicted molar refractivity (Wildman–Crippen MR) is 91.7 cm³/mol. The molecule has 0 spiro atoms. The molecular formula is C18H17N5O4. The first-order valence-electron chi connectivity index (χ1n) is 8.56. The van der Waals surface area contributed by atoms with Crippen LogP contribution in [0.2, 0.25) is 0 Å². The van der Waals surface area contributed by atoms with Gasteiger partial charge in [-0.15, -0.1) is 0 Å². The molecule has 0 saturated carbocycles. The van der Waals surface area contributed by atoms with Crippen molar-refractivity contribution in [3.05, 3.63) is 65.2 Å². The van der Waals surface area contributed by atoms with Gasteiger partial charge in [0.05, 0.1) is 30.8 Å². The number of fused-ring (bicyclic) bond motifs is 1. The molecule has 0 aliphatic heterocycles. The molecule has 138 valence electrons. The normalized spacial score (nSPS) is 15.8. The van der Waals surface area contributed by atoms with Crippen LogP contribution in [0.5, 0.6) is 0 Å². The molecule has 4 rings (SSSR count). The van der Waals surface area contributed by atoms with Crippen molar-refractivity contribution in [2.45, 2.75) is 31.8 Å². The molecule has 9 nitrogen and oxygen atoms in total. The van der Waals surface area contributed by atoms with E-state index < -0.39 is 0 Å². The van der Waals surface area contributed by atoms with Gasteiger partial charge in [-0.25, -0.2) is 0 Å². The van der Waals surface area contributed by atoms with E-state index in [1.807, 2.05) is 0 Å². The fourth-order valence-electron chi connectivity index (χ4n) is 3.06. The molecule has 0 bridgehead atoms. The zero-order valence-electron chi connectivity index (χ0n) is 14.3. The van der Waals surface area contributed by atoms with E-state index in [1.54, 1.807) is 24.5 Å². The molecule has 3 aromatic heterocycles. The summed E-state index contributed by atoms with van der Waals surface area (Å²) in [6.45, 7) is 0.267. The van der Waals surface area contributed by atoms with E-state index in [4.69, 9.17) is 8.94 Å². The van der Waals surface area contributed by atoms with Gasteiger partial charge in [0.1, 0.15) is 11.5 Å². The van der Waals surface area contributed by atoms with Crippen molar-refractivity contribution in [1.29, 1.82) is 0 Å². The van der Waals surface area contributed by atoms with Gasteiger partial charge in [0.15, 0.2) is 5.69 Å². The lowest BCUT2D eigenvalue weighted by Crippen LogP contribution is -2.39. The number of carbonyl (C=O) groups is 2. The van der Waals surface area contributed by atoms with Gasteiger partial charge < -0.3 is 19.6 Å². The van der Waals surface area contributed by atoms with Crippen molar-refractivity contribution in [2.75, 3.05) is 0 Å². The predicted octanol–water partition coefficient (Wildman–Crippen LogP) is 1.27. The van der Waals surface area contributed by atoms with E-state index >= 15 is 0 Å². The summed E-state index contributed by atoms with van der Waals surface area (Å²) in [6.07, 6.45) is 6.22. The highest BCUT2D eigenvalue weighted by Gasteiger charge is 2.29. The Bertz CT molecular complexity index is 936. The fraction of sp³-hybridized carbons (Fsp3) is 0.278. The van der Waals surface area contributed by atoms with E-state index in [2.05, 4.69) is 26.0 Å². The topological polar surface area (TPSA) is 123 Å². The summed E-state index contributed by atoms with van der Waals surface area (Å²) in [6, 6.07) is 5.02. The Morgan fingerprint density at radius 2 is 2.15 bits per heavy atom. The summed E-state index contributed by atoms with van der Waals surface area (Å²) < 4.78 is 10.5. The molecular weight excluding hydrogens is 350 g/mol. The Hall–Kier alpha value is -3.49. The quantitative estimate of drug-likeness (QED) is 0.696. The maximum absolute atomic E-state index is 12.4. The SMILES string of the molecule is O=C(NC1CCc2onc(C(=O)NCc3ccco3)c2C1)c1ccnnc1. The molecule has 27 heavy (non-hydrogen) atoms. The van der Waals surface area contributed by atoms with Gasteiger partial charge in [-0.1, -0.05) is 5.16 Å². The zero-order valence-corrected chi connectivity index (χ0v) is 14.3. The lowest BCUT2D eigenvalue weighted by molar-refractivity contribution is 0.0930. The van der Waals surface area contributed by atoms with Crippen molar-refractivity contribution in [1.82, 2.24) is 26.0 Å². The molecule has 9 heteroatoms. The number of hydrogen-bond donors (Lipinski definition) is 2. The standard InChI is InChI=1S/C18H17N5O4/c24-17(11-5-6-20-21-9-11)22-12-3-4-15-14(8-12)16(23-27-15)18(25)19-10-13-2-1-7-26-13/h1-2,5-7,9,12H,3-4,8,10H2,(H,19,25)(H,22,24). The molecule has 1 atom stereocenters. The molecule has 3 aromatic rings. The first-order valence-corrected chi connectivity index (χ1v) is 8.56. The largest absolute Gasteiger partial charge is 0.467 e. The molecule has 0 aromatic carbocycles. The van der Waals surface area contributed by atoms with Crippen molar-refractivity contribution in [3.8, 4) is 0 Å². The third kappa shape index (κ3) is 3.71. The van der Waals surface area contributed by atoms with Crippen LogP contribution in [0.1, 0.15) is 44.4 Å². The number of rotatable bonds is 5. The lowest BCUT2D eigenvalue weighted by Gasteiger charge is -2.22. The molecule has 2 amide bonds. The molecule has 3 heterocycles. The first kappa shape index (κ1) is 17.0. The molecule has 0 radical (unpaired) electrons. The number of hydrogen-bond acceptors (Lipinski definition) is 7. The molecule has 1 aliphatic rings. The average molecular weight is 367 g/mol.